The number of piperidine rings is 1. The van der Waals surface area contributed by atoms with E-state index >= 15 is 0 Å². The topological polar surface area (TPSA) is 54.9 Å². The van der Waals surface area contributed by atoms with Gasteiger partial charge in [0.05, 0.1) is 24.4 Å². The first-order chi connectivity index (χ1) is 14.6. The van der Waals surface area contributed by atoms with Gasteiger partial charge >= 0.3 is 0 Å². The zero-order valence-electron chi connectivity index (χ0n) is 17.5. The molecule has 0 saturated carbocycles. The quantitative estimate of drug-likeness (QED) is 0.762. The van der Waals surface area contributed by atoms with Crippen LogP contribution in [0.3, 0.4) is 0 Å². The molecule has 3 aliphatic heterocycles. The van der Waals surface area contributed by atoms with Gasteiger partial charge in [-0.3, -0.25) is 14.7 Å². The molecule has 3 aliphatic rings. The van der Waals surface area contributed by atoms with Gasteiger partial charge in [-0.15, -0.1) is 0 Å². The fourth-order valence-electron chi connectivity index (χ4n) is 5.08. The molecular weight excluding hydrogens is 378 g/mol. The van der Waals surface area contributed by atoms with Crippen LogP contribution in [0.1, 0.15) is 24.1 Å². The van der Waals surface area contributed by atoms with Crippen LogP contribution in [0.4, 0.5) is 0 Å². The highest BCUT2D eigenvalue weighted by atomic mass is 16.5. The average molecular weight is 408 g/mol. The van der Waals surface area contributed by atoms with Crippen LogP contribution in [-0.2, 0) is 22.6 Å². The maximum absolute atomic E-state index is 13.0. The normalized spacial score (nSPS) is 24.9. The van der Waals surface area contributed by atoms with Crippen LogP contribution in [0.2, 0.25) is 0 Å². The van der Waals surface area contributed by atoms with Gasteiger partial charge in [0.2, 0.25) is 0 Å². The predicted octanol–water partition coefficient (Wildman–Crippen LogP) is 2.52. The molecule has 1 aromatic carbocycles. The Morgan fingerprint density at radius 1 is 1.23 bits per heavy atom. The lowest BCUT2D eigenvalue weighted by atomic mass is 9.75. The number of amides is 1. The minimum absolute atomic E-state index is 0.0817. The summed E-state index contributed by atoms with van der Waals surface area (Å²) in [7, 11) is 2.19. The first-order valence-corrected chi connectivity index (χ1v) is 10.9. The van der Waals surface area contributed by atoms with Crippen LogP contribution in [0, 0.1) is 5.92 Å². The Hall–Kier alpha value is -2.44. The Kier molecular flexibility index (Phi) is 5.21. The van der Waals surface area contributed by atoms with Crippen molar-refractivity contribution in [1.29, 1.82) is 0 Å². The van der Waals surface area contributed by atoms with Crippen molar-refractivity contribution >= 4 is 5.91 Å². The first-order valence-electron chi connectivity index (χ1n) is 10.9. The fraction of sp³-hybridized carbons (Fsp3) is 0.500. The lowest BCUT2D eigenvalue weighted by molar-refractivity contribution is -0.157. The van der Waals surface area contributed by atoms with E-state index in [4.69, 9.17) is 9.47 Å². The third-order valence-electron chi connectivity index (χ3n) is 6.89. The number of pyridine rings is 1. The van der Waals surface area contributed by atoms with Gasteiger partial charge in [-0.25, -0.2) is 0 Å². The summed E-state index contributed by atoms with van der Waals surface area (Å²) in [6, 6.07) is 13.9. The Labute approximate surface area is 177 Å². The number of para-hydroxylation sites is 1. The van der Waals surface area contributed by atoms with E-state index in [0.29, 0.717) is 18.9 Å². The molecule has 2 fully saturated rings. The summed E-state index contributed by atoms with van der Waals surface area (Å²) >= 11 is 0. The Morgan fingerprint density at radius 2 is 2.07 bits per heavy atom. The minimum Gasteiger partial charge on any atom is -0.480 e. The summed E-state index contributed by atoms with van der Waals surface area (Å²) in [6.07, 6.45) is 4.32. The molecule has 1 spiro atoms. The van der Waals surface area contributed by atoms with E-state index in [2.05, 4.69) is 16.9 Å². The standard InChI is InChI=1S/C24H29N3O3/c1-26-11-9-18(14-29-15-20-7-4-5-10-25-20)13-24(26)16-27(17-24)23(28)22-12-19-6-2-3-8-21(19)30-22/h2-8,10,18,22H,9,11-17H2,1H3/t18-,22-/m0/s1. The van der Waals surface area contributed by atoms with E-state index in [0.717, 1.165) is 56.1 Å². The van der Waals surface area contributed by atoms with Crippen molar-refractivity contribution in [3.05, 3.63) is 59.9 Å². The number of likely N-dealkylation sites (tertiary alicyclic amines) is 2. The van der Waals surface area contributed by atoms with E-state index in [-0.39, 0.29) is 17.6 Å². The molecule has 1 aromatic heterocycles. The van der Waals surface area contributed by atoms with Crippen LogP contribution >= 0.6 is 0 Å². The number of carbonyl (C=O) groups is 1. The molecule has 30 heavy (non-hydrogen) atoms. The van der Waals surface area contributed by atoms with Crippen molar-refractivity contribution in [3.8, 4) is 5.75 Å². The van der Waals surface area contributed by atoms with Crippen LogP contribution in [0.25, 0.3) is 0 Å². The van der Waals surface area contributed by atoms with E-state index in [1.165, 1.54) is 0 Å². The minimum atomic E-state index is -0.369. The van der Waals surface area contributed by atoms with Gasteiger partial charge in [0, 0.05) is 25.7 Å². The highest BCUT2D eigenvalue weighted by molar-refractivity contribution is 5.83. The molecule has 6 nitrogen and oxygen atoms in total. The van der Waals surface area contributed by atoms with E-state index in [1.54, 1.807) is 6.20 Å². The van der Waals surface area contributed by atoms with Crippen molar-refractivity contribution in [1.82, 2.24) is 14.8 Å². The summed E-state index contributed by atoms with van der Waals surface area (Å²) in [4.78, 5) is 21.7. The number of hydrogen-bond donors (Lipinski definition) is 0. The first kappa shape index (κ1) is 19.5. The third kappa shape index (κ3) is 3.70. The van der Waals surface area contributed by atoms with Gasteiger partial charge in [0.25, 0.3) is 5.91 Å². The molecule has 1 amide bonds. The second-order valence-electron chi connectivity index (χ2n) is 8.95. The van der Waals surface area contributed by atoms with Crippen LogP contribution < -0.4 is 4.74 Å². The molecule has 0 unspecified atom stereocenters. The molecule has 6 heteroatoms. The van der Waals surface area contributed by atoms with Crippen molar-refractivity contribution in [2.45, 2.75) is 37.5 Å². The smallest absolute Gasteiger partial charge is 0.264 e. The summed E-state index contributed by atoms with van der Waals surface area (Å²) in [5.41, 5.74) is 2.18. The SMILES string of the molecule is CN1CC[C@H](COCc2ccccn2)CC12CN(C(=O)[C@@H]1Cc3ccccc3O1)C2. The Balaban J connectivity index is 1.13. The summed E-state index contributed by atoms with van der Waals surface area (Å²) in [5.74, 6) is 1.50. The lowest BCUT2D eigenvalue weighted by Crippen LogP contribution is -2.73. The van der Waals surface area contributed by atoms with E-state index in [9.17, 15) is 4.79 Å². The molecule has 2 saturated heterocycles. The predicted molar refractivity (Wildman–Crippen MR) is 113 cm³/mol. The summed E-state index contributed by atoms with van der Waals surface area (Å²) < 4.78 is 11.9. The molecular formula is C24H29N3O3. The van der Waals surface area contributed by atoms with Crippen molar-refractivity contribution in [2.75, 3.05) is 33.3 Å². The van der Waals surface area contributed by atoms with Gasteiger partial charge in [0.15, 0.2) is 6.10 Å². The molecule has 2 atom stereocenters. The van der Waals surface area contributed by atoms with Crippen molar-refractivity contribution < 1.29 is 14.3 Å². The van der Waals surface area contributed by atoms with Crippen LogP contribution in [-0.4, -0.2) is 65.6 Å². The molecule has 158 valence electrons. The van der Waals surface area contributed by atoms with Crippen molar-refractivity contribution in [3.63, 3.8) is 0 Å². The summed E-state index contributed by atoms with van der Waals surface area (Å²) in [6.45, 7) is 3.93. The number of nitrogens with zero attached hydrogens (tertiary/aromatic N) is 3. The maximum atomic E-state index is 13.0. The molecule has 5 rings (SSSR count). The highest BCUT2D eigenvalue weighted by Gasteiger charge is 2.52. The molecule has 0 N–H and O–H groups in total. The van der Waals surface area contributed by atoms with E-state index in [1.807, 2.05) is 47.4 Å². The number of benzene rings is 1. The second kappa shape index (κ2) is 8.00. The maximum Gasteiger partial charge on any atom is 0.264 e. The average Bonchev–Trinajstić information content (AvgIpc) is 3.18. The number of ether oxygens (including phenoxy) is 2. The Morgan fingerprint density at radius 3 is 2.87 bits per heavy atom. The monoisotopic (exact) mass is 407 g/mol. The number of aromatic nitrogens is 1. The Bertz CT molecular complexity index is 873. The molecule has 2 aromatic rings. The number of hydrogen-bond acceptors (Lipinski definition) is 5. The largest absolute Gasteiger partial charge is 0.480 e. The van der Waals surface area contributed by atoms with Gasteiger partial charge in [-0.05, 0) is 56.1 Å². The zero-order valence-corrected chi connectivity index (χ0v) is 17.5. The molecule has 4 heterocycles. The molecule has 0 bridgehead atoms. The van der Waals surface area contributed by atoms with Crippen LogP contribution in [0.15, 0.2) is 48.7 Å². The van der Waals surface area contributed by atoms with Gasteiger partial charge in [0.1, 0.15) is 5.75 Å². The van der Waals surface area contributed by atoms with Gasteiger partial charge < -0.3 is 14.4 Å². The fourth-order valence-corrected chi connectivity index (χ4v) is 5.08. The number of carbonyl (C=O) groups excluding carboxylic acids is 1. The zero-order chi connectivity index (χ0) is 20.6. The van der Waals surface area contributed by atoms with Crippen molar-refractivity contribution in [2.24, 2.45) is 5.92 Å². The number of rotatable bonds is 5. The number of fused-ring (bicyclic) bond motifs is 1. The summed E-state index contributed by atoms with van der Waals surface area (Å²) in [5, 5.41) is 0. The van der Waals surface area contributed by atoms with E-state index < -0.39 is 0 Å². The second-order valence-corrected chi connectivity index (χ2v) is 8.95. The van der Waals surface area contributed by atoms with Crippen LogP contribution in [0.5, 0.6) is 5.75 Å². The molecule has 0 aliphatic carbocycles. The lowest BCUT2D eigenvalue weighted by Gasteiger charge is -2.58. The van der Waals surface area contributed by atoms with Gasteiger partial charge in [-0.1, -0.05) is 24.3 Å². The third-order valence-corrected chi connectivity index (χ3v) is 6.89. The number of likely N-dealkylation sites (N-methyl/N-ethyl adjacent to an activating group) is 1. The van der Waals surface area contributed by atoms with Gasteiger partial charge in [-0.2, -0.15) is 0 Å². The molecule has 0 radical (unpaired) electrons. The highest BCUT2D eigenvalue weighted by Crippen LogP contribution is 2.39.